The van der Waals surface area contributed by atoms with Crippen molar-refractivity contribution in [3.63, 3.8) is 0 Å². The first-order valence-electron chi connectivity index (χ1n) is 8.99. The van der Waals surface area contributed by atoms with Gasteiger partial charge in [-0.15, -0.1) is 11.3 Å². The number of benzene rings is 1. The highest BCUT2D eigenvalue weighted by molar-refractivity contribution is 7.10. The first-order chi connectivity index (χ1) is 13.3. The van der Waals surface area contributed by atoms with E-state index in [-0.39, 0.29) is 17.7 Å². The lowest BCUT2D eigenvalue weighted by atomic mass is 9.81. The number of carbonyl (C=O) groups is 1. The van der Waals surface area contributed by atoms with Crippen LogP contribution in [0.15, 0.2) is 71.5 Å². The van der Waals surface area contributed by atoms with Crippen LogP contribution in [0.3, 0.4) is 0 Å². The fourth-order valence-corrected chi connectivity index (χ4v) is 4.66. The lowest BCUT2D eigenvalue weighted by molar-refractivity contribution is -0.117. The van der Waals surface area contributed by atoms with E-state index in [4.69, 9.17) is 0 Å². The van der Waals surface area contributed by atoms with Crippen molar-refractivity contribution in [1.82, 2.24) is 14.8 Å². The molecule has 0 radical (unpaired) electrons. The van der Waals surface area contributed by atoms with Crippen LogP contribution in [0.1, 0.15) is 29.3 Å². The molecule has 6 heteroatoms. The van der Waals surface area contributed by atoms with Crippen molar-refractivity contribution in [2.24, 2.45) is 5.92 Å². The molecule has 3 aromatic rings. The normalized spacial score (nSPS) is 21.9. The van der Waals surface area contributed by atoms with E-state index in [0.717, 1.165) is 28.1 Å². The minimum atomic E-state index is -0.176. The molecule has 1 aromatic carbocycles. The Hall–Kier alpha value is -2.99. The van der Waals surface area contributed by atoms with Crippen molar-refractivity contribution in [3.05, 3.63) is 82.0 Å². The summed E-state index contributed by atoms with van der Waals surface area (Å²) < 4.78 is 1.82. The van der Waals surface area contributed by atoms with Gasteiger partial charge in [0.25, 0.3) is 0 Å². The first-order valence-corrected chi connectivity index (χ1v) is 9.87. The number of aromatic nitrogens is 3. The monoisotopic (exact) mass is 374 g/mol. The van der Waals surface area contributed by atoms with Crippen LogP contribution >= 0.6 is 11.3 Å². The van der Waals surface area contributed by atoms with Crippen molar-refractivity contribution < 1.29 is 4.79 Å². The van der Waals surface area contributed by atoms with E-state index in [1.54, 1.807) is 17.7 Å². The van der Waals surface area contributed by atoms with Gasteiger partial charge in [-0.05, 0) is 29.3 Å². The van der Waals surface area contributed by atoms with Gasteiger partial charge in [0.1, 0.15) is 12.4 Å². The zero-order valence-electron chi connectivity index (χ0n) is 14.6. The van der Waals surface area contributed by atoms with Gasteiger partial charge < -0.3 is 5.32 Å². The van der Waals surface area contributed by atoms with Gasteiger partial charge in [-0.3, -0.25) is 4.79 Å². The molecule has 5 nitrogen and oxygen atoms in total. The summed E-state index contributed by atoms with van der Waals surface area (Å²) in [5.74, 6) is 1.07. The Labute approximate surface area is 161 Å². The third kappa shape index (κ3) is 2.92. The molecular formula is C21H18N4OS. The number of carbonyl (C=O) groups excluding carboxylic acids is 1. The number of hydrogen-bond donors (Lipinski definition) is 1. The number of Topliss-reactive ketones (excluding diaryl/α,β-unsaturated/α-hetero) is 1. The Morgan fingerprint density at radius 1 is 1.15 bits per heavy atom. The van der Waals surface area contributed by atoms with Crippen molar-refractivity contribution in [2.75, 3.05) is 5.32 Å². The number of ketones is 1. The van der Waals surface area contributed by atoms with Crippen molar-refractivity contribution in [3.8, 4) is 0 Å². The summed E-state index contributed by atoms with van der Waals surface area (Å²) in [4.78, 5) is 18.5. The van der Waals surface area contributed by atoms with E-state index < -0.39 is 0 Å². The van der Waals surface area contributed by atoms with E-state index in [9.17, 15) is 4.79 Å². The molecule has 0 unspecified atom stereocenters. The van der Waals surface area contributed by atoms with Crippen LogP contribution in [-0.2, 0) is 4.79 Å². The number of thiophene rings is 1. The summed E-state index contributed by atoms with van der Waals surface area (Å²) in [6.07, 6.45) is 7.12. The van der Waals surface area contributed by atoms with Gasteiger partial charge in [-0.25, -0.2) is 4.68 Å². The van der Waals surface area contributed by atoms with Gasteiger partial charge in [-0.1, -0.05) is 48.6 Å². The van der Waals surface area contributed by atoms with Crippen LogP contribution in [0, 0.1) is 5.92 Å². The van der Waals surface area contributed by atoms with Crippen LogP contribution in [0.4, 0.5) is 5.95 Å². The first kappa shape index (κ1) is 16.2. The minimum Gasteiger partial charge on any atom is -0.328 e. The van der Waals surface area contributed by atoms with Gasteiger partial charge in [-0.2, -0.15) is 10.1 Å². The fourth-order valence-electron chi connectivity index (χ4n) is 3.84. The Morgan fingerprint density at radius 3 is 2.85 bits per heavy atom. The highest BCUT2D eigenvalue weighted by atomic mass is 32.1. The molecule has 27 heavy (non-hydrogen) atoms. The predicted octanol–water partition coefficient (Wildman–Crippen LogP) is 4.30. The zero-order chi connectivity index (χ0) is 18.2. The molecular weight excluding hydrogens is 356 g/mol. The van der Waals surface area contributed by atoms with Crippen LogP contribution < -0.4 is 5.32 Å². The summed E-state index contributed by atoms with van der Waals surface area (Å²) in [5.41, 5.74) is 2.96. The molecule has 0 bridgehead atoms. The average Bonchev–Trinajstić information content (AvgIpc) is 3.37. The standard InChI is InChI=1S/C21H18N4OS/c26-17-12-15(9-8-14-5-2-1-3-6-14)11-16-19(17)20(18-7-4-10-27-18)25-21(24-16)22-13-23-25/h1-10,13,15,20H,11-12H2,(H,22,23,24)/b9-8+/t15-,20-/m0/s1. The number of nitrogens with one attached hydrogen (secondary N) is 1. The van der Waals surface area contributed by atoms with Gasteiger partial charge in [0.05, 0.1) is 0 Å². The molecule has 2 aromatic heterocycles. The smallest absolute Gasteiger partial charge is 0.226 e. The Balaban J connectivity index is 1.49. The van der Waals surface area contributed by atoms with E-state index in [1.165, 1.54) is 0 Å². The maximum absolute atomic E-state index is 13.1. The molecule has 2 atom stereocenters. The van der Waals surface area contributed by atoms with Crippen LogP contribution in [0.2, 0.25) is 0 Å². The molecule has 2 aliphatic rings. The van der Waals surface area contributed by atoms with Gasteiger partial charge in [0, 0.05) is 22.6 Å². The fraction of sp³-hybridized carbons (Fsp3) is 0.190. The molecule has 3 heterocycles. The Bertz CT molecular complexity index is 1030. The average molecular weight is 374 g/mol. The van der Waals surface area contributed by atoms with Crippen molar-refractivity contribution >= 4 is 29.1 Å². The number of rotatable bonds is 3. The molecule has 134 valence electrons. The highest BCUT2D eigenvalue weighted by Crippen LogP contribution is 2.42. The summed E-state index contributed by atoms with van der Waals surface area (Å²) in [6.45, 7) is 0. The summed E-state index contributed by atoms with van der Waals surface area (Å²) in [6, 6.07) is 14.1. The number of allylic oxidation sites excluding steroid dienone is 3. The predicted molar refractivity (Wildman–Crippen MR) is 106 cm³/mol. The third-order valence-electron chi connectivity index (χ3n) is 5.07. The Morgan fingerprint density at radius 2 is 2.04 bits per heavy atom. The highest BCUT2D eigenvalue weighted by Gasteiger charge is 2.38. The molecule has 0 saturated carbocycles. The van der Waals surface area contributed by atoms with Crippen molar-refractivity contribution in [1.29, 1.82) is 0 Å². The van der Waals surface area contributed by atoms with Crippen LogP contribution in [0.25, 0.3) is 6.08 Å². The van der Waals surface area contributed by atoms with Crippen LogP contribution in [-0.4, -0.2) is 20.5 Å². The summed E-state index contributed by atoms with van der Waals surface area (Å²) >= 11 is 1.65. The number of anilines is 1. The summed E-state index contributed by atoms with van der Waals surface area (Å²) in [5, 5.41) is 9.75. The molecule has 0 fully saturated rings. The molecule has 1 aliphatic heterocycles. The van der Waals surface area contributed by atoms with E-state index >= 15 is 0 Å². The lowest BCUT2D eigenvalue weighted by Gasteiger charge is -2.33. The SMILES string of the molecule is O=C1C[C@@H](/C=C/c2ccccc2)CC2=C1[C@H](c1cccs1)n1ncnc1N2. The quantitative estimate of drug-likeness (QED) is 0.742. The molecule has 0 amide bonds. The van der Waals surface area contributed by atoms with E-state index in [1.807, 2.05) is 34.3 Å². The molecule has 0 saturated heterocycles. The van der Waals surface area contributed by atoms with E-state index in [0.29, 0.717) is 12.4 Å². The molecule has 0 spiro atoms. The molecule has 1 aliphatic carbocycles. The number of nitrogens with zero attached hydrogens (tertiary/aromatic N) is 3. The second-order valence-corrected chi connectivity index (χ2v) is 7.80. The van der Waals surface area contributed by atoms with Gasteiger partial charge in [0.2, 0.25) is 5.95 Å². The summed E-state index contributed by atoms with van der Waals surface area (Å²) in [7, 11) is 0. The second-order valence-electron chi connectivity index (χ2n) is 6.82. The second kappa shape index (κ2) is 6.63. The number of hydrogen-bond acceptors (Lipinski definition) is 5. The van der Waals surface area contributed by atoms with Gasteiger partial charge >= 0.3 is 0 Å². The number of fused-ring (bicyclic) bond motifs is 1. The zero-order valence-corrected chi connectivity index (χ0v) is 15.4. The Kier molecular flexibility index (Phi) is 3.98. The maximum Gasteiger partial charge on any atom is 0.226 e. The van der Waals surface area contributed by atoms with Crippen molar-refractivity contribution in [2.45, 2.75) is 18.9 Å². The maximum atomic E-state index is 13.1. The van der Waals surface area contributed by atoms with Gasteiger partial charge in [0.15, 0.2) is 5.78 Å². The van der Waals surface area contributed by atoms with E-state index in [2.05, 4.69) is 45.8 Å². The van der Waals surface area contributed by atoms with Crippen LogP contribution in [0.5, 0.6) is 0 Å². The largest absolute Gasteiger partial charge is 0.328 e. The third-order valence-corrected chi connectivity index (χ3v) is 5.99. The minimum absolute atomic E-state index is 0.176. The molecule has 5 rings (SSSR count). The topological polar surface area (TPSA) is 59.8 Å². The molecule has 1 N–H and O–H groups in total. The lowest BCUT2D eigenvalue weighted by Crippen LogP contribution is -2.33.